The molecular weight excluding hydrogens is 362 g/mol. The molecule has 2 aliphatic carbocycles. The predicted octanol–water partition coefficient (Wildman–Crippen LogP) is 2.28. The molecule has 1 aliphatic heterocycles. The van der Waals surface area contributed by atoms with Crippen LogP contribution in [0.3, 0.4) is 0 Å². The van der Waals surface area contributed by atoms with Crippen LogP contribution in [0.5, 0.6) is 0 Å². The average molecular weight is 390 g/mol. The first kappa shape index (κ1) is 18.5. The Morgan fingerprint density at radius 3 is 2.48 bits per heavy atom. The van der Waals surface area contributed by atoms with Gasteiger partial charge in [-0.15, -0.1) is 11.3 Å². The Kier molecular flexibility index (Phi) is 5.21. The van der Waals surface area contributed by atoms with Crippen LogP contribution in [0.25, 0.3) is 0 Å². The number of nitrogens with zero attached hydrogens (tertiary/aromatic N) is 1. The first-order chi connectivity index (χ1) is 13.0. The lowest BCUT2D eigenvalue weighted by Crippen LogP contribution is -2.48. The van der Waals surface area contributed by atoms with E-state index in [0.717, 1.165) is 25.7 Å². The summed E-state index contributed by atoms with van der Waals surface area (Å²) in [5.41, 5.74) is 6.43. The van der Waals surface area contributed by atoms with Gasteiger partial charge in [0.15, 0.2) is 0 Å². The van der Waals surface area contributed by atoms with E-state index in [4.69, 9.17) is 0 Å². The van der Waals surface area contributed by atoms with Gasteiger partial charge in [0.25, 0.3) is 5.91 Å². The van der Waals surface area contributed by atoms with Gasteiger partial charge in [-0.3, -0.25) is 25.2 Å². The van der Waals surface area contributed by atoms with E-state index in [1.54, 1.807) is 0 Å². The molecule has 1 aromatic heterocycles. The molecule has 1 unspecified atom stereocenters. The lowest BCUT2D eigenvalue weighted by atomic mass is 9.90. The van der Waals surface area contributed by atoms with Crippen LogP contribution < -0.4 is 10.9 Å². The van der Waals surface area contributed by atoms with Gasteiger partial charge in [0, 0.05) is 29.8 Å². The maximum absolute atomic E-state index is 12.4. The fourth-order valence-electron chi connectivity index (χ4n) is 4.05. The summed E-state index contributed by atoms with van der Waals surface area (Å²) in [5, 5.41) is 0. The van der Waals surface area contributed by atoms with Crippen molar-refractivity contribution in [3.63, 3.8) is 0 Å². The Hall–Kier alpha value is -1.89. The summed E-state index contributed by atoms with van der Waals surface area (Å²) >= 11 is 1.54. The van der Waals surface area contributed by atoms with Gasteiger partial charge in [-0.1, -0.05) is 6.92 Å². The van der Waals surface area contributed by atoms with Crippen molar-refractivity contribution in [3.05, 3.63) is 21.4 Å². The van der Waals surface area contributed by atoms with Crippen molar-refractivity contribution >= 4 is 29.1 Å². The molecule has 3 aliphatic rings. The number of nitrogens with one attached hydrogen (secondary N) is 2. The predicted molar refractivity (Wildman–Crippen MR) is 103 cm³/mol. The molecule has 27 heavy (non-hydrogen) atoms. The van der Waals surface area contributed by atoms with Crippen LogP contribution in [0, 0.1) is 17.8 Å². The molecule has 2 fully saturated rings. The van der Waals surface area contributed by atoms with E-state index in [1.807, 2.05) is 11.0 Å². The third-order valence-corrected chi connectivity index (χ3v) is 7.19. The number of piperidine rings is 1. The number of hydrogen-bond donors (Lipinski definition) is 2. The molecule has 0 aromatic carbocycles. The second-order valence-corrected chi connectivity index (χ2v) is 9.36. The van der Waals surface area contributed by atoms with Crippen LogP contribution in [0.4, 0.5) is 0 Å². The first-order valence-corrected chi connectivity index (χ1v) is 10.8. The molecular formula is C20H27N3O3S. The molecule has 1 saturated carbocycles. The summed E-state index contributed by atoms with van der Waals surface area (Å²) in [6, 6.07) is 1.97. The van der Waals surface area contributed by atoms with Gasteiger partial charge < -0.3 is 4.90 Å². The lowest BCUT2D eigenvalue weighted by Gasteiger charge is -2.31. The summed E-state index contributed by atoms with van der Waals surface area (Å²) in [7, 11) is 0. The van der Waals surface area contributed by atoms with Crippen molar-refractivity contribution < 1.29 is 14.4 Å². The minimum atomic E-state index is -0.239. The average Bonchev–Trinajstić information content (AvgIpc) is 3.44. The highest BCUT2D eigenvalue weighted by atomic mass is 32.1. The van der Waals surface area contributed by atoms with Crippen molar-refractivity contribution in [1.82, 2.24) is 15.8 Å². The minimum absolute atomic E-state index is 0.147. The third-order valence-electron chi connectivity index (χ3n) is 5.96. The van der Waals surface area contributed by atoms with Gasteiger partial charge >= 0.3 is 0 Å². The van der Waals surface area contributed by atoms with Crippen molar-refractivity contribution in [1.29, 1.82) is 0 Å². The van der Waals surface area contributed by atoms with Gasteiger partial charge in [-0.2, -0.15) is 0 Å². The Balaban J connectivity index is 1.24. The molecule has 0 bridgehead atoms. The topological polar surface area (TPSA) is 78.5 Å². The van der Waals surface area contributed by atoms with Gasteiger partial charge in [-0.05, 0) is 62.5 Å². The summed E-state index contributed by atoms with van der Waals surface area (Å²) in [4.78, 5) is 40.7. The molecule has 2 heterocycles. The standard InChI is InChI=1S/C20H27N3O3S/c1-12-2-5-16-15(10-12)11-17(27-16)19(25)22-21-18(24)13-6-8-23(9-7-13)20(26)14-3-4-14/h11-14H,2-10H2,1H3,(H,21,24)(H,22,25). The largest absolute Gasteiger partial charge is 0.342 e. The van der Waals surface area contributed by atoms with Crippen molar-refractivity contribution in [3.8, 4) is 0 Å². The molecule has 7 heteroatoms. The number of thiophene rings is 1. The van der Waals surface area contributed by atoms with Crippen molar-refractivity contribution in [2.45, 2.75) is 51.9 Å². The molecule has 1 atom stereocenters. The van der Waals surface area contributed by atoms with Crippen LogP contribution in [-0.2, 0) is 22.4 Å². The highest BCUT2D eigenvalue weighted by molar-refractivity contribution is 7.14. The van der Waals surface area contributed by atoms with Crippen LogP contribution in [0.15, 0.2) is 6.07 Å². The number of likely N-dealkylation sites (tertiary alicyclic amines) is 1. The zero-order chi connectivity index (χ0) is 19.0. The molecule has 1 saturated heterocycles. The highest BCUT2D eigenvalue weighted by Gasteiger charge is 2.36. The SMILES string of the molecule is CC1CCc2sc(C(=O)NNC(=O)C3CCN(C(=O)C4CC4)CC3)cc2C1. The maximum atomic E-state index is 12.4. The molecule has 1 aromatic rings. The van der Waals surface area contributed by atoms with Crippen LogP contribution >= 0.6 is 11.3 Å². The zero-order valence-electron chi connectivity index (χ0n) is 15.8. The Morgan fingerprint density at radius 2 is 1.78 bits per heavy atom. The molecule has 0 radical (unpaired) electrons. The van der Waals surface area contributed by atoms with E-state index in [-0.39, 0.29) is 29.6 Å². The molecule has 6 nitrogen and oxygen atoms in total. The zero-order valence-corrected chi connectivity index (χ0v) is 16.6. The second kappa shape index (κ2) is 7.62. The minimum Gasteiger partial charge on any atom is -0.342 e. The van der Waals surface area contributed by atoms with Gasteiger partial charge in [0.2, 0.25) is 11.8 Å². The molecule has 3 amide bonds. The Labute approximate surface area is 163 Å². The van der Waals surface area contributed by atoms with E-state index in [1.165, 1.54) is 28.2 Å². The third kappa shape index (κ3) is 4.18. The number of carbonyl (C=O) groups is 3. The number of aryl methyl sites for hydroxylation is 1. The first-order valence-electron chi connectivity index (χ1n) is 10.0. The fraction of sp³-hybridized carbons (Fsp3) is 0.650. The molecule has 146 valence electrons. The molecule has 4 rings (SSSR count). The number of carbonyl (C=O) groups excluding carboxylic acids is 3. The van der Waals surface area contributed by atoms with Gasteiger partial charge in [-0.25, -0.2) is 0 Å². The Morgan fingerprint density at radius 1 is 1.04 bits per heavy atom. The fourth-order valence-corrected chi connectivity index (χ4v) is 5.15. The number of rotatable bonds is 3. The quantitative estimate of drug-likeness (QED) is 0.779. The molecule has 2 N–H and O–H groups in total. The number of fused-ring (bicyclic) bond motifs is 1. The summed E-state index contributed by atoms with van der Waals surface area (Å²) in [5.74, 6) is 0.604. The monoisotopic (exact) mass is 389 g/mol. The smallest absolute Gasteiger partial charge is 0.279 e. The van der Waals surface area contributed by atoms with E-state index < -0.39 is 0 Å². The van der Waals surface area contributed by atoms with E-state index in [9.17, 15) is 14.4 Å². The highest BCUT2D eigenvalue weighted by Crippen LogP contribution is 2.33. The van der Waals surface area contributed by atoms with Crippen LogP contribution in [0.2, 0.25) is 0 Å². The lowest BCUT2D eigenvalue weighted by molar-refractivity contribution is -0.136. The van der Waals surface area contributed by atoms with Crippen LogP contribution in [0.1, 0.15) is 59.1 Å². The van der Waals surface area contributed by atoms with Gasteiger partial charge in [0.05, 0.1) is 4.88 Å². The Bertz CT molecular complexity index is 748. The van der Waals surface area contributed by atoms with Crippen molar-refractivity contribution in [2.75, 3.05) is 13.1 Å². The summed E-state index contributed by atoms with van der Waals surface area (Å²) in [6.45, 7) is 3.51. The maximum Gasteiger partial charge on any atom is 0.279 e. The summed E-state index contributed by atoms with van der Waals surface area (Å²) < 4.78 is 0. The number of amides is 3. The number of hydrazine groups is 1. The van der Waals surface area contributed by atoms with Crippen molar-refractivity contribution in [2.24, 2.45) is 17.8 Å². The number of hydrogen-bond acceptors (Lipinski definition) is 4. The van der Waals surface area contributed by atoms with E-state index >= 15 is 0 Å². The summed E-state index contributed by atoms with van der Waals surface area (Å²) in [6.07, 6.45) is 6.58. The normalized spacial score (nSPS) is 22.9. The van der Waals surface area contributed by atoms with E-state index in [2.05, 4.69) is 17.8 Å². The molecule has 0 spiro atoms. The van der Waals surface area contributed by atoms with Crippen LogP contribution in [-0.4, -0.2) is 35.7 Å². The van der Waals surface area contributed by atoms with Gasteiger partial charge in [0.1, 0.15) is 0 Å². The second-order valence-electron chi connectivity index (χ2n) is 8.22. The van der Waals surface area contributed by atoms with E-state index in [0.29, 0.717) is 36.7 Å².